The quantitative estimate of drug-likeness (QED) is 0.298. The van der Waals surface area contributed by atoms with Crippen LogP contribution in [-0.4, -0.2) is 19.4 Å². The van der Waals surface area contributed by atoms with Gasteiger partial charge in [-0.05, 0) is 60.2 Å². The van der Waals surface area contributed by atoms with E-state index in [1.807, 2.05) is 24.3 Å². The van der Waals surface area contributed by atoms with Crippen LogP contribution in [0.15, 0.2) is 29.4 Å². The van der Waals surface area contributed by atoms with E-state index in [1.165, 1.54) is 0 Å². The maximum absolute atomic E-state index is 13.1. The fraction of sp³-hybridized carbons (Fsp3) is 0.650. The normalized spacial score (nSPS) is 23.8. The molecule has 0 radical (unpaired) electrons. The van der Waals surface area contributed by atoms with E-state index in [2.05, 4.69) is 30.8 Å². The maximum atomic E-state index is 13.1. The molecule has 1 aromatic carbocycles. The number of ether oxygens (including phenoxy) is 1. The molecule has 1 aliphatic rings. The summed E-state index contributed by atoms with van der Waals surface area (Å²) in [7, 11) is 1.64. The molecule has 0 N–H and O–H groups in total. The van der Waals surface area contributed by atoms with E-state index in [-0.39, 0.29) is 5.41 Å². The maximum Gasteiger partial charge on any atom is 0.143 e. The summed E-state index contributed by atoms with van der Waals surface area (Å²) in [6.45, 7) is 7.20. The van der Waals surface area contributed by atoms with Gasteiger partial charge in [-0.15, -0.1) is 0 Å². The molecule has 2 atom stereocenters. The molecular weight excluding hydrogens is 314 g/mol. The smallest absolute Gasteiger partial charge is 0.143 e. The Balaban J connectivity index is 2.38. The summed E-state index contributed by atoms with van der Waals surface area (Å²) >= 11 is 0. The lowest BCUT2D eigenvalue weighted by Crippen LogP contribution is -2.44. The van der Waals surface area contributed by atoms with Crippen LogP contribution in [0.4, 0.5) is 0 Å². The van der Waals surface area contributed by atoms with E-state index in [4.69, 9.17) is 10.3 Å². The molecule has 1 aliphatic carbocycles. The molecule has 0 spiro atoms. The Bertz CT molecular complexity index is 642. The summed E-state index contributed by atoms with van der Waals surface area (Å²) in [5, 5.41) is 3.65. The van der Waals surface area contributed by atoms with Gasteiger partial charge in [0.05, 0.1) is 12.5 Å². The molecule has 5 heteroatoms. The molecule has 5 nitrogen and oxygen atoms in total. The monoisotopic (exact) mass is 343 g/mol. The number of carbonyl (C=O) groups excluding carboxylic acids is 1. The summed E-state index contributed by atoms with van der Waals surface area (Å²) < 4.78 is 5.26. The number of methoxy groups -OCH3 is 1. The van der Waals surface area contributed by atoms with Gasteiger partial charge in [0.15, 0.2) is 0 Å². The van der Waals surface area contributed by atoms with Crippen molar-refractivity contribution in [2.24, 2.45) is 16.4 Å². The summed E-state index contributed by atoms with van der Waals surface area (Å²) in [5.74, 6) is 1.61. The van der Waals surface area contributed by atoms with E-state index in [0.717, 1.165) is 37.0 Å². The van der Waals surface area contributed by atoms with Crippen molar-refractivity contribution in [3.8, 4) is 5.75 Å². The van der Waals surface area contributed by atoms with Crippen LogP contribution in [0.25, 0.3) is 10.4 Å². The van der Waals surface area contributed by atoms with Crippen LogP contribution >= 0.6 is 0 Å². The second kappa shape index (κ2) is 7.92. The van der Waals surface area contributed by atoms with Crippen LogP contribution in [0.1, 0.15) is 58.4 Å². The van der Waals surface area contributed by atoms with E-state index in [9.17, 15) is 4.79 Å². The number of nitrogens with zero attached hydrogens (tertiary/aromatic N) is 3. The topological polar surface area (TPSA) is 75.1 Å². The van der Waals surface area contributed by atoms with Crippen LogP contribution in [0.2, 0.25) is 0 Å². The number of hydrogen-bond acceptors (Lipinski definition) is 3. The molecular formula is C20H29N3O2. The lowest BCUT2D eigenvalue weighted by Gasteiger charge is -2.45. The van der Waals surface area contributed by atoms with Gasteiger partial charge < -0.3 is 4.74 Å². The highest BCUT2D eigenvalue weighted by molar-refractivity contribution is 5.91. The van der Waals surface area contributed by atoms with Crippen LogP contribution in [0.3, 0.4) is 0 Å². The first-order valence-corrected chi connectivity index (χ1v) is 9.02. The van der Waals surface area contributed by atoms with Crippen molar-refractivity contribution < 1.29 is 9.53 Å². The molecule has 2 rings (SSSR count). The number of azide groups is 1. The zero-order valence-electron chi connectivity index (χ0n) is 15.8. The van der Waals surface area contributed by atoms with E-state index < -0.39 is 5.41 Å². The first kappa shape index (κ1) is 19.3. The van der Waals surface area contributed by atoms with Crippen molar-refractivity contribution in [1.82, 2.24) is 0 Å². The Morgan fingerprint density at radius 1 is 1.32 bits per heavy atom. The largest absolute Gasteiger partial charge is 0.497 e. The first-order valence-electron chi connectivity index (χ1n) is 9.02. The lowest BCUT2D eigenvalue weighted by atomic mass is 9.58. The molecule has 25 heavy (non-hydrogen) atoms. The third-order valence-corrected chi connectivity index (χ3v) is 5.64. The van der Waals surface area contributed by atoms with Crippen LogP contribution in [0, 0.1) is 11.3 Å². The van der Waals surface area contributed by atoms with Gasteiger partial charge in [0.1, 0.15) is 11.5 Å². The number of benzene rings is 1. The minimum Gasteiger partial charge on any atom is -0.497 e. The predicted octanol–water partition coefficient (Wildman–Crippen LogP) is 5.44. The van der Waals surface area contributed by atoms with Gasteiger partial charge in [-0.25, -0.2) is 0 Å². The van der Waals surface area contributed by atoms with Crippen molar-refractivity contribution in [2.75, 3.05) is 13.7 Å². The summed E-state index contributed by atoms with van der Waals surface area (Å²) in [6.07, 6.45) is 3.88. The third kappa shape index (κ3) is 4.35. The summed E-state index contributed by atoms with van der Waals surface area (Å²) in [4.78, 5) is 15.9. The standard InChI is InChI=1S/C20H29N3O2/c1-19(2,3)16-8-11-18(24)20(14-16,12-5-13-22-23-21)15-6-9-17(25-4)10-7-15/h6-7,9-10,16H,5,8,11-14H2,1-4H3/t16-,20-/m0/s1. The molecule has 0 aliphatic heterocycles. The Kier molecular flexibility index (Phi) is 6.12. The fourth-order valence-corrected chi connectivity index (χ4v) is 3.99. The number of rotatable bonds is 6. The number of carbonyl (C=O) groups is 1. The molecule has 0 saturated heterocycles. The highest BCUT2D eigenvalue weighted by atomic mass is 16.5. The molecule has 0 amide bonds. The fourth-order valence-electron chi connectivity index (χ4n) is 3.99. The molecule has 1 aromatic rings. The highest BCUT2D eigenvalue weighted by Gasteiger charge is 2.46. The van der Waals surface area contributed by atoms with Gasteiger partial charge in [-0.2, -0.15) is 0 Å². The van der Waals surface area contributed by atoms with Gasteiger partial charge in [-0.1, -0.05) is 38.0 Å². The number of Topliss-reactive ketones (excluding diaryl/α,β-unsaturated/α-hetero) is 1. The molecule has 136 valence electrons. The van der Waals surface area contributed by atoms with E-state index in [1.54, 1.807) is 7.11 Å². The van der Waals surface area contributed by atoms with Gasteiger partial charge >= 0.3 is 0 Å². The zero-order valence-corrected chi connectivity index (χ0v) is 15.8. The van der Waals surface area contributed by atoms with Gasteiger partial charge in [0.2, 0.25) is 0 Å². The predicted molar refractivity (Wildman–Crippen MR) is 99.7 cm³/mol. The van der Waals surface area contributed by atoms with Crippen LogP contribution in [-0.2, 0) is 10.2 Å². The van der Waals surface area contributed by atoms with Crippen molar-refractivity contribution >= 4 is 5.78 Å². The second-order valence-corrected chi connectivity index (χ2v) is 8.10. The molecule has 0 bridgehead atoms. The van der Waals surface area contributed by atoms with Gasteiger partial charge in [-0.3, -0.25) is 4.79 Å². The Labute approximate surface area is 150 Å². The third-order valence-electron chi connectivity index (χ3n) is 5.64. The summed E-state index contributed by atoms with van der Waals surface area (Å²) in [5.41, 5.74) is 9.27. The summed E-state index contributed by atoms with van der Waals surface area (Å²) in [6, 6.07) is 7.90. The minimum absolute atomic E-state index is 0.170. The van der Waals surface area contributed by atoms with Crippen molar-refractivity contribution in [2.45, 2.75) is 58.3 Å². The molecule has 0 heterocycles. The van der Waals surface area contributed by atoms with Gasteiger partial charge in [0.25, 0.3) is 0 Å². The first-order chi connectivity index (χ1) is 11.8. The van der Waals surface area contributed by atoms with Crippen LogP contribution < -0.4 is 4.74 Å². The SMILES string of the molecule is COc1ccc([C@]2(CCCN=[N+]=[N-])C[C@@H](C(C)(C)C)CCC2=O)cc1. The zero-order chi connectivity index (χ0) is 18.5. The average molecular weight is 343 g/mol. The molecule has 1 fully saturated rings. The Hall–Kier alpha value is -2.00. The van der Waals surface area contributed by atoms with Gasteiger partial charge in [0, 0.05) is 17.9 Å². The van der Waals surface area contributed by atoms with E-state index in [0.29, 0.717) is 24.7 Å². The average Bonchev–Trinajstić information content (AvgIpc) is 2.59. The highest BCUT2D eigenvalue weighted by Crippen LogP contribution is 2.48. The Morgan fingerprint density at radius 3 is 2.56 bits per heavy atom. The van der Waals surface area contributed by atoms with Crippen molar-refractivity contribution in [1.29, 1.82) is 0 Å². The van der Waals surface area contributed by atoms with Crippen molar-refractivity contribution in [3.63, 3.8) is 0 Å². The van der Waals surface area contributed by atoms with Crippen LogP contribution in [0.5, 0.6) is 5.75 Å². The number of hydrogen-bond donors (Lipinski definition) is 0. The number of ketones is 1. The molecule has 1 saturated carbocycles. The van der Waals surface area contributed by atoms with E-state index >= 15 is 0 Å². The second-order valence-electron chi connectivity index (χ2n) is 8.10. The lowest BCUT2D eigenvalue weighted by molar-refractivity contribution is -0.129. The molecule has 0 aromatic heterocycles. The minimum atomic E-state index is -0.479. The Morgan fingerprint density at radius 2 is 2.00 bits per heavy atom. The molecule has 0 unspecified atom stereocenters. The van der Waals surface area contributed by atoms with Crippen molar-refractivity contribution in [3.05, 3.63) is 40.3 Å².